The monoisotopic (exact) mass is 336 g/mol. The largest absolute Gasteiger partial charge is 0.424 e. The average Bonchev–Trinajstić information content (AvgIpc) is 2.24. The molecule has 1 aromatic rings. The van der Waals surface area contributed by atoms with Gasteiger partial charge in [0.2, 0.25) is 4.33 Å². The molecular formula is C10H10Cl2F3O3P. The fourth-order valence-corrected chi connectivity index (χ4v) is 2.44. The Hall–Kier alpha value is -0.260. The first-order valence-electron chi connectivity index (χ1n) is 4.93. The van der Waals surface area contributed by atoms with E-state index in [1.807, 2.05) is 0 Å². The molecule has 2 atom stereocenters. The van der Waals surface area contributed by atoms with E-state index in [1.165, 1.54) is 24.3 Å². The number of alkyl halides is 5. The maximum atomic E-state index is 12.8. The summed E-state index contributed by atoms with van der Waals surface area (Å²) < 4.78 is 50.9. The van der Waals surface area contributed by atoms with Crippen molar-refractivity contribution in [3.63, 3.8) is 0 Å². The van der Waals surface area contributed by atoms with Gasteiger partial charge in [0.15, 0.2) is 0 Å². The average molecular weight is 337 g/mol. The third kappa shape index (κ3) is 4.36. The number of halogens is 5. The predicted octanol–water partition coefficient (Wildman–Crippen LogP) is 4.30. The van der Waals surface area contributed by atoms with E-state index in [9.17, 15) is 17.7 Å². The van der Waals surface area contributed by atoms with Gasteiger partial charge in [-0.2, -0.15) is 13.2 Å². The standard InChI is InChI=1S/C10H10Cl2F3O3P/c1-19(16,17)18-8(7-5-3-2-4-6-7)9(11,12)10(13,14)15/h2-6,8H,1H3,(H,16,17). The van der Waals surface area contributed by atoms with Crippen molar-refractivity contribution in [2.45, 2.75) is 16.6 Å². The van der Waals surface area contributed by atoms with Crippen LogP contribution < -0.4 is 0 Å². The Kier molecular flexibility index (Phi) is 4.97. The van der Waals surface area contributed by atoms with Gasteiger partial charge in [-0.25, -0.2) is 0 Å². The van der Waals surface area contributed by atoms with Gasteiger partial charge in [-0.15, -0.1) is 0 Å². The maximum absolute atomic E-state index is 12.8. The molecule has 0 spiro atoms. The Labute approximate surface area is 117 Å². The van der Waals surface area contributed by atoms with Crippen LogP contribution in [0.1, 0.15) is 11.7 Å². The summed E-state index contributed by atoms with van der Waals surface area (Å²) in [6, 6.07) is 6.97. The Morgan fingerprint density at radius 2 is 1.74 bits per heavy atom. The van der Waals surface area contributed by atoms with Gasteiger partial charge in [-0.05, 0) is 5.56 Å². The lowest BCUT2D eigenvalue weighted by Gasteiger charge is -2.32. The SMILES string of the molecule is CP(=O)(O)OC(c1ccccc1)C(Cl)(Cl)C(F)(F)F. The second kappa shape index (κ2) is 5.62. The third-order valence-corrected chi connectivity index (χ3v) is 3.54. The van der Waals surface area contributed by atoms with Gasteiger partial charge in [0.1, 0.15) is 6.10 Å². The van der Waals surface area contributed by atoms with Crippen LogP contribution in [0.3, 0.4) is 0 Å². The van der Waals surface area contributed by atoms with Crippen LogP contribution >= 0.6 is 30.8 Å². The normalized spacial score (nSPS) is 17.8. The molecule has 1 rings (SSSR count). The highest BCUT2D eigenvalue weighted by molar-refractivity contribution is 7.51. The molecule has 0 aromatic heterocycles. The van der Waals surface area contributed by atoms with Crippen molar-refractivity contribution in [3.05, 3.63) is 35.9 Å². The van der Waals surface area contributed by atoms with E-state index in [0.29, 0.717) is 0 Å². The molecule has 108 valence electrons. The third-order valence-electron chi connectivity index (χ3n) is 2.11. The highest BCUT2D eigenvalue weighted by Gasteiger charge is 2.60. The Morgan fingerprint density at radius 3 is 2.11 bits per heavy atom. The van der Waals surface area contributed by atoms with E-state index in [1.54, 1.807) is 6.07 Å². The van der Waals surface area contributed by atoms with Crippen LogP contribution in [0.5, 0.6) is 0 Å². The highest BCUT2D eigenvalue weighted by atomic mass is 35.5. The fraction of sp³-hybridized carbons (Fsp3) is 0.400. The molecule has 0 aliphatic rings. The summed E-state index contributed by atoms with van der Waals surface area (Å²) in [4.78, 5) is 9.13. The van der Waals surface area contributed by atoms with Crippen LogP contribution in [0.25, 0.3) is 0 Å². The van der Waals surface area contributed by atoms with E-state index in [2.05, 4.69) is 4.52 Å². The van der Waals surface area contributed by atoms with Crippen molar-refractivity contribution < 1.29 is 27.2 Å². The van der Waals surface area contributed by atoms with Crippen LogP contribution in [-0.2, 0) is 9.09 Å². The van der Waals surface area contributed by atoms with Gasteiger partial charge >= 0.3 is 13.8 Å². The van der Waals surface area contributed by atoms with Gasteiger partial charge in [0.25, 0.3) is 0 Å². The van der Waals surface area contributed by atoms with Crippen molar-refractivity contribution in [1.29, 1.82) is 0 Å². The highest BCUT2D eigenvalue weighted by Crippen LogP contribution is 2.55. The minimum absolute atomic E-state index is 0.0547. The summed E-state index contributed by atoms with van der Waals surface area (Å²) in [5, 5.41) is 0. The van der Waals surface area contributed by atoms with E-state index in [4.69, 9.17) is 28.1 Å². The molecule has 0 radical (unpaired) electrons. The van der Waals surface area contributed by atoms with E-state index in [-0.39, 0.29) is 5.56 Å². The molecular weight excluding hydrogens is 327 g/mol. The van der Waals surface area contributed by atoms with E-state index >= 15 is 0 Å². The van der Waals surface area contributed by atoms with Crippen LogP contribution in [0.2, 0.25) is 0 Å². The van der Waals surface area contributed by atoms with Gasteiger partial charge in [-0.1, -0.05) is 53.5 Å². The van der Waals surface area contributed by atoms with E-state index < -0.39 is 24.2 Å². The molecule has 0 aliphatic carbocycles. The minimum Gasteiger partial charge on any atom is -0.324 e. The number of rotatable bonds is 4. The molecule has 1 aromatic carbocycles. The maximum Gasteiger partial charge on any atom is 0.424 e. The number of hydrogen-bond donors (Lipinski definition) is 1. The van der Waals surface area contributed by atoms with E-state index in [0.717, 1.165) is 6.66 Å². The Morgan fingerprint density at radius 1 is 1.26 bits per heavy atom. The molecule has 3 nitrogen and oxygen atoms in total. The van der Waals surface area contributed by atoms with Crippen molar-refractivity contribution in [3.8, 4) is 0 Å². The second-order valence-corrected chi connectivity index (χ2v) is 7.02. The summed E-state index contributed by atoms with van der Waals surface area (Å²) >= 11 is 10.6. The summed E-state index contributed by atoms with van der Waals surface area (Å²) in [6.07, 6.45) is -7.05. The smallest absolute Gasteiger partial charge is 0.324 e. The molecule has 0 bridgehead atoms. The summed E-state index contributed by atoms with van der Waals surface area (Å²) in [5.41, 5.74) is -0.0547. The zero-order valence-electron chi connectivity index (χ0n) is 9.56. The van der Waals surface area contributed by atoms with Gasteiger partial charge in [-0.3, -0.25) is 9.09 Å². The minimum atomic E-state index is -5.04. The molecule has 2 unspecified atom stereocenters. The van der Waals surface area contributed by atoms with Gasteiger partial charge in [0, 0.05) is 6.66 Å². The molecule has 0 saturated heterocycles. The summed E-state index contributed by atoms with van der Waals surface area (Å²) in [5.74, 6) is 0. The molecule has 0 amide bonds. The van der Waals surface area contributed by atoms with Crippen molar-refractivity contribution >= 4 is 30.8 Å². The molecule has 0 aliphatic heterocycles. The van der Waals surface area contributed by atoms with Crippen LogP contribution in [-0.4, -0.2) is 22.1 Å². The lowest BCUT2D eigenvalue weighted by atomic mass is 10.1. The predicted molar refractivity (Wildman–Crippen MR) is 66.5 cm³/mol. The Bertz CT molecular complexity index is 473. The van der Waals surface area contributed by atoms with Crippen molar-refractivity contribution in [2.75, 3.05) is 6.66 Å². The number of hydrogen-bond acceptors (Lipinski definition) is 2. The second-order valence-electron chi connectivity index (χ2n) is 3.82. The summed E-state index contributed by atoms with van der Waals surface area (Å²) in [7, 11) is -4.22. The quantitative estimate of drug-likeness (QED) is 0.658. The zero-order chi connectivity index (χ0) is 14.9. The van der Waals surface area contributed by atoms with Crippen LogP contribution in [0.4, 0.5) is 13.2 Å². The van der Waals surface area contributed by atoms with Crippen molar-refractivity contribution in [2.24, 2.45) is 0 Å². The van der Waals surface area contributed by atoms with Crippen molar-refractivity contribution in [1.82, 2.24) is 0 Å². The molecule has 9 heteroatoms. The van der Waals surface area contributed by atoms with Crippen LogP contribution in [0, 0.1) is 0 Å². The number of benzene rings is 1. The van der Waals surface area contributed by atoms with Crippen LogP contribution in [0.15, 0.2) is 30.3 Å². The lowest BCUT2D eigenvalue weighted by Crippen LogP contribution is -2.40. The zero-order valence-corrected chi connectivity index (χ0v) is 12.0. The molecule has 1 N–H and O–H groups in total. The molecule has 0 heterocycles. The molecule has 0 fully saturated rings. The van der Waals surface area contributed by atoms with Gasteiger partial charge < -0.3 is 4.89 Å². The first-order chi connectivity index (χ1) is 8.45. The molecule has 19 heavy (non-hydrogen) atoms. The lowest BCUT2D eigenvalue weighted by molar-refractivity contribution is -0.160. The summed E-state index contributed by atoms with van der Waals surface area (Å²) in [6.45, 7) is 0.753. The first kappa shape index (κ1) is 16.8. The Balaban J connectivity index is 3.25. The topological polar surface area (TPSA) is 46.5 Å². The van der Waals surface area contributed by atoms with Gasteiger partial charge in [0.05, 0.1) is 0 Å². The molecule has 0 saturated carbocycles. The fourth-order valence-electron chi connectivity index (χ4n) is 1.31. The first-order valence-corrected chi connectivity index (χ1v) is 7.71.